The summed E-state index contributed by atoms with van der Waals surface area (Å²) in [5, 5.41) is 0.891. The fourth-order valence-corrected chi connectivity index (χ4v) is 2.01. The Morgan fingerprint density at radius 2 is 1.84 bits per heavy atom. The maximum Gasteiger partial charge on any atom is 0.256 e. The van der Waals surface area contributed by atoms with E-state index in [0.717, 1.165) is 36.7 Å². The molecule has 0 saturated heterocycles. The van der Waals surface area contributed by atoms with Gasteiger partial charge in [-0.2, -0.15) is 0 Å². The summed E-state index contributed by atoms with van der Waals surface area (Å²) in [5.74, 6) is -4.99. The van der Waals surface area contributed by atoms with Crippen LogP contribution in [-0.4, -0.2) is 29.7 Å². The van der Waals surface area contributed by atoms with Crippen molar-refractivity contribution >= 4 is 21.8 Å². The summed E-state index contributed by atoms with van der Waals surface area (Å²) >= 11 is 3.30. The van der Waals surface area contributed by atoms with Crippen molar-refractivity contribution in [3.63, 3.8) is 0 Å². The highest BCUT2D eigenvalue weighted by molar-refractivity contribution is 9.09. The molecular weight excluding hydrogens is 323 g/mol. The number of hydrogen-bond donors (Lipinski definition) is 0. The number of alkyl halides is 1. The normalized spacial score (nSPS) is 10.6. The van der Waals surface area contributed by atoms with Crippen molar-refractivity contribution in [2.75, 3.05) is 18.9 Å². The zero-order valence-corrected chi connectivity index (χ0v) is 12.1. The van der Waals surface area contributed by atoms with Crippen LogP contribution in [0.15, 0.2) is 12.1 Å². The minimum Gasteiger partial charge on any atom is -0.342 e. The molecule has 0 aromatic heterocycles. The number of carbonyl (C=O) groups excluding carboxylic acids is 1. The zero-order chi connectivity index (χ0) is 14.4. The molecule has 0 aliphatic heterocycles. The molecule has 0 unspecified atom stereocenters. The molecule has 2 nitrogen and oxygen atoms in total. The van der Waals surface area contributed by atoms with Crippen LogP contribution in [0.1, 0.15) is 29.6 Å². The van der Waals surface area contributed by atoms with Crippen molar-refractivity contribution < 1.29 is 18.0 Å². The first-order valence-electron chi connectivity index (χ1n) is 5.94. The van der Waals surface area contributed by atoms with Gasteiger partial charge in [-0.05, 0) is 25.0 Å². The maximum atomic E-state index is 13.4. The van der Waals surface area contributed by atoms with Crippen LogP contribution < -0.4 is 0 Å². The number of nitrogens with zero attached hydrogens (tertiary/aromatic N) is 1. The highest BCUT2D eigenvalue weighted by Gasteiger charge is 2.21. The van der Waals surface area contributed by atoms with Crippen LogP contribution in [0.3, 0.4) is 0 Å². The summed E-state index contributed by atoms with van der Waals surface area (Å²) in [6, 6.07) is 1.72. The summed E-state index contributed by atoms with van der Waals surface area (Å²) in [6.07, 6.45) is 2.70. The van der Waals surface area contributed by atoms with E-state index in [1.807, 2.05) is 0 Å². The monoisotopic (exact) mass is 337 g/mol. The first-order valence-corrected chi connectivity index (χ1v) is 7.06. The van der Waals surface area contributed by atoms with E-state index in [1.54, 1.807) is 0 Å². The minimum absolute atomic E-state index is 0.443. The Labute approximate surface area is 118 Å². The number of halogens is 4. The second-order valence-corrected chi connectivity index (χ2v) is 4.99. The van der Waals surface area contributed by atoms with Gasteiger partial charge < -0.3 is 4.90 Å². The van der Waals surface area contributed by atoms with Crippen LogP contribution in [-0.2, 0) is 0 Å². The van der Waals surface area contributed by atoms with Gasteiger partial charge in [-0.25, -0.2) is 13.2 Å². The predicted octanol–water partition coefficient (Wildman–Crippen LogP) is 3.74. The van der Waals surface area contributed by atoms with Crippen molar-refractivity contribution in [2.45, 2.75) is 19.3 Å². The molecule has 0 fully saturated rings. The first kappa shape index (κ1) is 16.0. The molecule has 0 atom stereocenters. The predicted molar refractivity (Wildman–Crippen MR) is 70.9 cm³/mol. The molecule has 19 heavy (non-hydrogen) atoms. The van der Waals surface area contributed by atoms with Crippen LogP contribution in [0.4, 0.5) is 13.2 Å². The minimum atomic E-state index is -1.61. The van der Waals surface area contributed by atoms with Crippen molar-refractivity contribution in [3.8, 4) is 0 Å². The number of hydrogen-bond acceptors (Lipinski definition) is 1. The van der Waals surface area contributed by atoms with Gasteiger partial charge in [-0.1, -0.05) is 22.4 Å². The number of benzene rings is 1. The third kappa shape index (κ3) is 4.23. The third-order valence-corrected chi connectivity index (χ3v) is 3.30. The van der Waals surface area contributed by atoms with Crippen molar-refractivity contribution in [3.05, 3.63) is 35.1 Å². The summed E-state index contributed by atoms with van der Waals surface area (Å²) in [7, 11) is 1.51. The van der Waals surface area contributed by atoms with Crippen LogP contribution in [0.25, 0.3) is 0 Å². The van der Waals surface area contributed by atoms with E-state index in [-0.39, 0.29) is 0 Å². The Morgan fingerprint density at radius 3 is 2.47 bits per heavy atom. The SMILES string of the molecule is CN(CCCCCBr)C(=O)c1ccc(F)c(F)c1F. The second kappa shape index (κ2) is 7.53. The van der Waals surface area contributed by atoms with Crippen molar-refractivity contribution in [2.24, 2.45) is 0 Å². The Hall–Kier alpha value is -1.04. The number of unbranched alkanes of at least 4 members (excludes halogenated alkanes) is 2. The second-order valence-electron chi connectivity index (χ2n) is 4.20. The van der Waals surface area contributed by atoms with Crippen molar-refractivity contribution in [1.29, 1.82) is 0 Å². The van der Waals surface area contributed by atoms with Gasteiger partial charge in [0.05, 0.1) is 5.56 Å². The summed E-state index contributed by atoms with van der Waals surface area (Å²) in [4.78, 5) is 13.2. The third-order valence-electron chi connectivity index (χ3n) is 2.74. The van der Waals surface area contributed by atoms with Crippen LogP contribution in [0.5, 0.6) is 0 Å². The van der Waals surface area contributed by atoms with Gasteiger partial charge in [0, 0.05) is 18.9 Å². The smallest absolute Gasteiger partial charge is 0.256 e. The molecule has 0 saturated carbocycles. The zero-order valence-electron chi connectivity index (χ0n) is 10.6. The molecule has 0 bridgehead atoms. The van der Waals surface area contributed by atoms with Crippen LogP contribution in [0, 0.1) is 17.5 Å². The van der Waals surface area contributed by atoms with Gasteiger partial charge in [-0.15, -0.1) is 0 Å². The molecule has 1 rings (SSSR count). The number of amides is 1. The average Bonchev–Trinajstić information content (AvgIpc) is 2.40. The summed E-state index contributed by atoms with van der Waals surface area (Å²) in [5.41, 5.74) is -0.443. The highest BCUT2D eigenvalue weighted by Crippen LogP contribution is 2.16. The molecule has 1 aromatic rings. The molecule has 0 spiro atoms. The topological polar surface area (TPSA) is 20.3 Å². The first-order chi connectivity index (χ1) is 8.99. The molecule has 0 radical (unpaired) electrons. The van der Waals surface area contributed by atoms with Gasteiger partial charge in [0.25, 0.3) is 5.91 Å². The number of carbonyl (C=O) groups is 1. The van der Waals surface area contributed by atoms with E-state index < -0.39 is 28.9 Å². The van der Waals surface area contributed by atoms with Gasteiger partial charge in [0.15, 0.2) is 17.5 Å². The fraction of sp³-hybridized carbons (Fsp3) is 0.462. The van der Waals surface area contributed by atoms with Gasteiger partial charge in [0.1, 0.15) is 0 Å². The fourth-order valence-electron chi connectivity index (χ4n) is 1.62. The molecule has 0 N–H and O–H groups in total. The molecule has 1 amide bonds. The number of rotatable bonds is 6. The van der Waals surface area contributed by atoms with Crippen molar-refractivity contribution in [1.82, 2.24) is 4.90 Å². The van der Waals surface area contributed by atoms with E-state index in [0.29, 0.717) is 6.54 Å². The quantitative estimate of drug-likeness (QED) is 0.440. The lowest BCUT2D eigenvalue weighted by molar-refractivity contribution is 0.0786. The Kier molecular flexibility index (Phi) is 6.34. The standard InChI is InChI=1S/C13H15BrF3NO/c1-18(8-4-2-3-7-14)13(19)9-5-6-10(15)12(17)11(9)16/h5-6H,2-4,7-8H2,1H3. The molecule has 6 heteroatoms. The van der Waals surface area contributed by atoms with E-state index in [9.17, 15) is 18.0 Å². The molecule has 1 aromatic carbocycles. The molecule has 106 valence electrons. The Balaban J connectivity index is 2.69. The van der Waals surface area contributed by atoms with E-state index in [1.165, 1.54) is 11.9 Å². The largest absolute Gasteiger partial charge is 0.342 e. The Morgan fingerprint density at radius 1 is 1.16 bits per heavy atom. The molecule has 0 aliphatic rings. The lowest BCUT2D eigenvalue weighted by Gasteiger charge is -2.17. The summed E-state index contributed by atoms with van der Waals surface area (Å²) in [6.45, 7) is 0.449. The van der Waals surface area contributed by atoms with Crippen LogP contribution in [0.2, 0.25) is 0 Å². The van der Waals surface area contributed by atoms with E-state index in [2.05, 4.69) is 15.9 Å². The maximum absolute atomic E-state index is 13.4. The van der Waals surface area contributed by atoms with Gasteiger partial charge in [-0.3, -0.25) is 4.79 Å². The van der Waals surface area contributed by atoms with Gasteiger partial charge in [0.2, 0.25) is 0 Å². The van der Waals surface area contributed by atoms with Crippen LogP contribution >= 0.6 is 15.9 Å². The average molecular weight is 338 g/mol. The lowest BCUT2D eigenvalue weighted by Crippen LogP contribution is -2.29. The molecule has 0 aliphatic carbocycles. The van der Waals surface area contributed by atoms with E-state index in [4.69, 9.17) is 0 Å². The van der Waals surface area contributed by atoms with Gasteiger partial charge >= 0.3 is 0 Å². The molecule has 0 heterocycles. The lowest BCUT2D eigenvalue weighted by atomic mass is 10.1. The van der Waals surface area contributed by atoms with E-state index >= 15 is 0 Å². The summed E-state index contributed by atoms with van der Waals surface area (Å²) < 4.78 is 39.3. The molecular formula is C13H15BrF3NO. The Bertz CT molecular complexity index is 454. The highest BCUT2D eigenvalue weighted by atomic mass is 79.9.